The zero-order valence-corrected chi connectivity index (χ0v) is 11.3. The number of nitrogens with zero attached hydrogens (tertiary/aromatic N) is 2. The second-order valence-electron chi connectivity index (χ2n) is 4.04. The molecule has 0 fully saturated rings. The molecule has 0 bridgehead atoms. The monoisotopic (exact) mass is 294 g/mol. The summed E-state index contributed by atoms with van der Waals surface area (Å²) in [6, 6.07) is 6.75. The van der Waals surface area contributed by atoms with Crippen LogP contribution in [0.5, 0.6) is 5.88 Å². The van der Waals surface area contributed by atoms with Gasteiger partial charge in [0, 0.05) is 17.8 Å². The number of benzene rings is 1. The summed E-state index contributed by atoms with van der Waals surface area (Å²) in [6.45, 7) is 0.383. The number of aliphatic hydroxyl groups is 1. The number of hydrogen-bond acceptors (Lipinski definition) is 7. The average Bonchev–Trinajstić information content (AvgIpc) is 2.96. The topological polar surface area (TPSA) is 110 Å². The first-order valence-electron chi connectivity index (χ1n) is 5.87. The molecule has 0 saturated heterocycles. The van der Waals surface area contributed by atoms with Crippen LogP contribution < -0.4 is 15.8 Å². The molecule has 2 aromatic rings. The molecule has 0 aliphatic heterocycles. The Bertz CT molecular complexity index is 562. The summed E-state index contributed by atoms with van der Waals surface area (Å²) in [4.78, 5) is 11.0. The van der Waals surface area contributed by atoms with Crippen molar-refractivity contribution in [3.63, 3.8) is 0 Å². The second kappa shape index (κ2) is 6.83. The van der Waals surface area contributed by atoms with Crippen LogP contribution in [0.2, 0.25) is 0 Å². The number of amides is 1. The summed E-state index contributed by atoms with van der Waals surface area (Å²) < 4.78 is 12.9. The van der Waals surface area contributed by atoms with Crippen molar-refractivity contribution in [3.8, 4) is 5.88 Å². The fraction of sp³-hybridized carbons (Fsp3) is 0.250. The van der Waals surface area contributed by atoms with Gasteiger partial charge in [0.15, 0.2) is 0 Å². The first-order valence-corrected chi connectivity index (χ1v) is 6.60. The molecule has 1 aromatic carbocycles. The van der Waals surface area contributed by atoms with Gasteiger partial charge in [0.1, 0.15) is 18.9 Å². The van der Waals surface area contributed by atoms with Crippen molar-refractivity contribution in [2.24, 2.45) is 5.73 Å². The van der Waals surface area contributed by atoms with Crippen LogP contribution in [0.25, 0.3) is 0 Å². The summed E-state index contributed by atoms with van der Waals surface area (Å²) in [6.07, 6.45) is 0.773. The number of rotatable bonds is 7. The van der Waals surface area contributed by atoms with Crippen LogP contribution in [-0.4, -0.2) is 39.0 Å². The van der Waals surface area contributed by atoms with Crippen molar-refractivity contribution in [2.45, 2.75) is 6.10 Å². The van der Waals surface area contributed by atoms with E-state index in [-0.39, 0.29) is 13.2 Å². The van der Waals surface area contributed by atoms with E-state index >= 15 is 0 Å². The number of nitrogens with two attached hydrogens (primary N) is 1. The maximum absolute atomic E-state index is 11.0. The van der Waals surface area contributed by atoms with Gasteiger partial charge in [-0.3, -0.25) is 4.79 Å². The van der Waals surface area contributed by atoms with Crippen LogP contribution in [0.4, 0.5) is 5.69 Å². The molecule has 4 N–H and O–H groups in total. The summed E-state index contributed by atoms with van der Waals surface area (Å²) in [5.74, 6) is -0.0988. The van der Waals surface area contributed by atoms with E-state index < -0.39 is 12.0 Å². The summed E-state index contributed by atoms with van der Waals surface area (Å²) >= 11 is 1.04. The van der Waals surface area contributed by atoms with Crippen molar-refractivity contribution in [2.75, 3.05) is 18.5 Å². The molecule has 106 valence electrons. The summed E-state index contributed by atoms with van der Waals surface area (Å²) in [5, 5.41) is 12.8. The Kier molecular flexibility index (Phi) is 4.85. The molecule has 1 aromatic heterocycles. The van der Waals surface area contributed by atoms with E-state index in [0.29, 0.717) is 17.1 Å². The predicted molar refractivity (Wildman–Crippen MR) is 74.9 cm³/mol. The first-order chi connectivity index (χ1) is 9.65. The third-order valence-corrected chi connectivity index (χ3v) is 2.91. The van der Waals surface area contributed by atoms with Gasteiger partial charge in [-0.15, -0.1) is 4.37 Å². The summed E-state index contributed by atoms with van der Waals surface area (Å²) in [5.41, 5.74) is 6.31. The molecule has 1 unspecified atom stereocenters. The number of ether oxygens (including phenoxy) is 1. The van der Waals surface area contributed by atoms with Crippen molar-refractivity contribution < 1.29 is 14.6 Å². The SMILES string of the molecule is NC(=O)c1cccc(NCC(O)COc2cnsn2)c1. The number of aromatic nitrogens is 2. The maximum Gasteiger partial charge on any atom is 0.248 e. The highest BCUT2D eigenvalue weighted by Gasteiger charge is 2.07. The third-order valence-electron chi connectivity index (χ3n) is 2.45. The Labute approximate surface area is 119 Å². The Morgan fingerprint density at radius 3 is 3.10 bits per heavy atom. The molecule has 20 heavy (non-hydrogen) atoms. The van der Waals surface area contributed by atoms with Gasteiger partial charge in [0.25, 0.3) is 0 Å². The number of aliphatic hydroxyl groups excluding tert-OH is 1. The van der Waals surface area contributed by atoms with Crippen LogP contribution in [0.15, 0.2) is 30.5 Å². The van der Waals surface area contributed by atoms with Gasteiger partial charge >= 0.3 is 0 Å². The van der Waals surface area contributed by atoms with E-state index in [2.05, 4.69) is 14.1 Å². The molecule has 1 atom stereocenters. The van der Waals surface area contributed by atoms with Crippen LogP contribution in [0.3, 0.4) is 0 Å². The van der Waals surface area contributed by atoms with Crippen molar-refractivity contribution in [1.82, 2.24) is 8.75 Å². The number of anilines is 1. The van der Waals surface area contributed by atoms with Gasteiger partial charge in [-0.1, -0.05) is 6.07 Å². The Morgan fingerprint density at radius 2 is 2.40 bits per heavy atom. The van der Waals surface area contributed by atoms with Gasteiger partial charge in [0.05, 0.1) is 11.7 Å². The van der Waals surface area contributed by atoms with Gasteiger partial charge in [-0.25, -0.2) is 0 Å². The largest absolute Gasteiger partial charge is 0.473 e. The molecule has 0 spiro atoms. The molecule has 0 aliphatic carbocycles. The number of carbonyl (C=O) groups excluding carboxylic acids is 1. The highest BCUT2D eigenvalue weighted by atomic mass is 32.1. The molecule has 0 radical (unpaired) electrons. The fourth-order valence-corrected chi connectivity index (χ4v) is 1.84. The minimum Gasteiger partial charge on any atom is -0.473 e. The quantitative estimate of drug-likeness (QED) is 0.685. The summed E-state index contributed by atoms with van der Waals surface area (Å²) in [7, 11) is 0. The van der Waals surface area contributed by atoms with Crippen LogP contribution in [0, 0.1) is 0 Å². The normalized spacial score (nSPS) is 11.8. The van der Waals surface area contributed by atoms with Crippen LogP contribution in [-0.2, 0) is 0 Å². The molecule has 1 heterocycles. The molecule has 2 rings (SSSR count). The van der Waals surface area contributed by atoms with E-state index in [0.717, 1.165) is 11.7 Å². The van der Waals surface area contributed by atoms with Gasteiger partial charge in [0.2, 0.25) is 11.8 Å². The van der Waals surface area contributed by atoms with Gasteiger partial charge in [-0.05, 0) is 18.2 Å². The van der Waals surface area contributed by atoms with Crippen LogP contribution in [0.1, 0.15) is 10.4 Å². The lowest BCUT2D eigenvalue weighted by atomic mass is 10.2. The standard InChI is InChI=1S/C12H14N4O3S/c13-12(18)8-2-1-3-9(4-8)14-5-10(17)7-19-11-6-15-20-16-11/h1-4,6,10,14,17H,5,7H2,(H2,13,18). The third kappa shape index (κ3) is 4.18. The van der Waals surface area contributed by atoms with Crippen LogP contribution >= 0.6 is 11.7 Å². The van der Waals surface area contributed by atoms with Crippen molar-refractivity contribution >= 4 is 23.3 Å². The molecular formula is C12H14N4O3S. The zero-order chi connectivity index (χ0) is 14.4. The van der Waals surface area contributed by atoms with E-state index in [1.54, 1.807) is 24.3 Å². The lowest BCUT2D eigenvalue weighted by Gasteiger charge is -2.13. The van der Waals surface area contributed by atoms with Crippen molar-refractivity contribution in [1.29, 1.82) is 0 Å². The lowest BCUT2D eigenvalue weighted by molar-refractivity contribution is 0.100. The number of carbonyl (C=O) groups is 1. The predicted octanol–water partition coefficient (Wildman–Crippen LogP) is 0.489. The molecule has 0 aliphatic rings. The van der Waals surface area contributed by atoms with E-state index in [1.807, 2.05) is 0 Å². The minimum atomic E-state index is -0.714. The van der Waals surface area contributed by atoms with E-state index in [9.17, 15) is 9.90 Å². The first kappa shape index (κ1) is 14.2. The Balaban J connectivity index is 1.79. The number of primary amides is 1. The smallest absolute Gasteiger partial charge is 0.248 e. The van der Waals surface area contributed by atoms with Crippen molar-refractivity contribution in [3.05, 3.63) is 36.0 Å². The Morgan fingerprint density at radius 1 is 1.55 bits per heavy atom. The molecule has 7 nitrogen and oxygen atoms in total. The lowest BCUT2D eigenvalue weighted by Crippen LogP contribution is -2.26. The number of nitrogens with one attached hydrogen (secondary N) is 1. The van der Waals surface area contributed by atoms with E-state index in [4.69, 9.17) is 10.5 Å². The maximum atomic E-state index is 11.0. The highest BCUT2D eigenvalue weighted by Crippen LogP contribution is 2.10. The van der Waals surface area contributed by atoms with Gasteiger partial charge < -0.3 is 20.9 Å². The zero-order valence-electron chi connectivity index (χ0n) is 10.5. The molecule has 1 amide bonds. The minimum absolute atomic E-state index is 0.105. The average molecular weight is 294 g/mol. The molecule has 8 heteroatoms. The second-order valence-corrected chi connectivity index (χ2v) is 4.59. The molecule has 0 saturated carbocycles. The molecular weight excluding hydrogens is 280 g/mol. The Hall–Kier alpha value is -2.19. The fourth-order valence-electron chi connectivity index (χ4n) is 1.48. The van der Waals surface area contributed by atoms with E-state index in [1.165, 1.54) is 6.20 Å². The highest BCUT2D eigenvalue weighted by molar-refractivity contribution is 6.99. The number of hydrogen-bond donors (Lipinski definition) is 3. The van der Waals surface area contributed by atoms with Gasteiger partial charge in [-0.2, -0.15) is 4.37 Å².